The number of hydrogen-bond donors (Lipinski definition) is 0. The van der Waals surface area contributed by atoms with E-state index in [0.717, 1.165) is 5.56 Å². The van der Waals surface area contributed by atoms with E-state index < -0.39 is 140 Å². The highest BCUT2D eigenvalue weighted by Crippen LogP contribution is 2.43. The molecule has 0 saturated carbocycles. The Kier molecular flexibility index (Phi) is 12.6. The normalized spacial score (nSPS) is 13.3. The molecule has 5 aromatic rings. The van der Waals surface area contributed by atoms with Crippen molar-refractivity contribution in [3.05, 3.63) is 158 Å². The van der Waals surface area contributed by atoms with Crippen molar-refractivity contribution >= 4 is 41.7 Å². The number of halogens is 15. The van der Waals surface area contributed by atoms with Crippen LogP contribution in [0, 0.1) is 87.3 Å². The van der Waals surface area contributed by atoms with Crippen LogP contribution in [0.2, 0.25) is 0 Å². The first-order valence-electron chi connectivity index (χ1n) is 18.5. The zero-order valence-corrected chi connectivity index (χ0v) is 35.1. The van der Waals surface area contributed by atoms with Gasteiger partial charge in [-0.15, -0.1) is 16.4 Å². The topological polar surface area (TPSA) is 0 Å². The van der Waals surface area contributed by atoms with Gasteiger partial charge in [-0.05, 0) is 21.8 Å². The fraction of sp³-hybridized carbons (Fsp3) is 0.273. The van der Waals surface area contributed by atoms with Gasteiger partial charge in [-0.1, -0.05) is 105 Å². The Morgan fingerprint density at radius 3 is 0.951 bits per heavy atom. The van der Waals surface area contributed by atoms with Gasteiger partial charge in [0, 0.05) is 16.7 Å². The van der Waals surface area contributed by atoms with Gasteiger partial charge >= 0.3 is 0 Å². The summed E-state index contributed by atoms with van der Waals surface area (Å²) >= 11 is 0. The number of benzene rings is 5. The van der Waals surface area contributed by atoms with Crippen molar-refractivity contribution in [1.82, 2.24) is 0 Å². The minimum Gasteiger partial charge on any atom is -0.207 e. The Balaban J connectivity index is 2.25. The lowest BCUT2D eigenvalue weighted by molar-refractivity contribution is 0.380. The van der Waals surface area contributed by atoms with Crippen LogP contribution in [0.5, 0.6) is 0 Å². The molecule has 0 nitrogen and oxygen atoms in total. The molecule has 0 aliphatic carbocycles. The van der Waals surface area contributed by atoms with Crippen LogP contribution in [0.4, 0.5) is 65.9 Å². The second kappa shape index (κ2) is 16.2. The SMILES string of the molecule is CC(C)(C)c1cc(C(C)(C)C)c([PH2+]/C(=C/[B-](c2c(F)c(F)c(F)c(F)c2F)(c2c(F)c(F)c(F)c(F)c2F)c2c(F)c(F)c(F)c(F)c2F)c2ccccc2)c(C(C)(C)C)c1. The summed E-state index contributed by atoms with van der Waals surface area (Å²) in [5, 5.41) is -0.156. The van der Waals surface area contributed by atoms with Crippen molar-refractivity contribution in [3.8, 4) is 0 Å². The molecule has 0 bridgehead atoms. The maximum Gasteiger partial charge on any atom is 0.200 e. The molecule has 0 amide bonds. The second-order valence-electron chi connectivity index (χ2n) is 17.8. The molecule has 0 spiro atoms. The van der Waals surface area contributed by atoms with Crippen LogP contribution >= 0.6 is 8.58 Å². The highest BCUT2D eigenvalue weighted by molar-refractivity contribution is 7.59. The molecule has 0 saturated heterocycles. The predicted octanol–water partition coefficient (Wildman–Crippen LogP) is 11.5. The molecular formula is C44H37BF15P. The van der Waals surface area contributed by atoms with Crippen LogP contribution in [0.15, 0.2) is 48.4 Å². The zero-order chi connectivity index (χ0) is 46.2. The first-order valence-corrected chi connectivity index (χ1v) is 19.6. The van der Waals surface area contributed by atoms with Crippen LogP contribution in [-0.2, 0) is 16.2 Å². The largest absolute Gasteiger partial charge is 0.207 e. The third-order valence-corrected chi connectivity index (χ3v) is 12.3. The molecule has 1 atom stereocenters. The Hall–Kier alpha value is -4.72. The van der Waals surface area contributed by atoms with Gasteiger partial charge in [0.2, 0.25) is 0 Å². The summed E-state index contributed by atoms with van der Waals surface area (Å²) in [6.07, 6.45) is -5.95. The average Bonchev–Trinajstić information content (AvgIpc) is 3.18. The maximum atomic E-state index is 16.5. The molecular weight excluding hydrogens is 855 g/mol. The highest BCUT2D eigenvalue weighted by atomic mass is 31.1. The molecule has 61 heavy (non-hydrogen) atoms. The summed E-state index contributed by atoms with van der Waals surface area (Å²) in [6, 6.07) is 10.1. The molecule has 1 unspecified atom stereocenters. The summed E-state index contributed by atoms with van der Waals surface area (Å²) in [5.41, 5.74) is -8.50. The predicted molar refractivity (Wildman–Crippen MR) is 210 cm³/mol. The molecule has 0 radical (unpaired) electrons. The Bertz CT molecular complexity index is 2330. The van der Waals surface area contributed by atoms with E-state index >= 15 is 52.7 Å². The Morgan fingerprint density at radius 1 is 0.410 bits per heavy atom. The van der Waals surface area contributed by atoms with Gasteiger partial charge in [0.15, 0.2) is 52.4 Å². The molecule has 0 aliphatic rings. The summed E-state index contributed by atoms with van der Waals surface area (Å²) < 4.78 is 235. The molecule has 5 aromatic carbocycles. The average molecular weight is 893 g/mol. The molecule has 0 heterocycles. The van der Waals surface area contributed by atoms with Gasteiger partial charge in [-0.25, -0.2) is 65.9 Å². The zero-order valence-electron chi connectivity index (χ0n) is 33.9. The van der Waals surface area contributed by atoms with E-state index in [0.29, 0.717) is 16.4 Å². The molecule has 5 rings (SSSR count). The second-order valence-corrected chi connectivity index (χ2v) is 19.2. The van der Waals surface area contributed by atoms with Crippen LogP contribution < -0.4 is 21.7 Å². The summed E-state index contributed by atoms with van der Waals surface area (Å²) in [7, 11) is -1.87. The standard InChI is InChI=1S/C44H36BF15P/c1-42(2,3)19-15-20(43(4,5)6)41(21(16-19)44(7,8)9)61-22(18-13-11-10-12-14-18)17-45(23-26(46)32(52)38(58)33(53)27(23)47,24-28(48)34(54)39(59)35(55)29(24)49)25-30(50)36(56)40(60)37(57)31(25)51/h10-17,61H,1-9H3/q-1/p+1/b22-17+. The third-order valence-electron chi connectivity index (χ3n) is 10.6. The lowest BCUT2D eigenvalue weighted by atomic mass is 9.15. The van der Waals surface area contributed by atoms with Crippen LogP contribution in [0.25, 0.3) is 5.31 Å². The smallest absolute Gasteiger partial charge is 0.200 e. The lowest BCUT2D eigenvalue weighted by Crippen LogP contribution is -2.72. The monoisotopic (exact) mass is 892 g/mol. The van der Waals surface area contributed by atoms with Crippen molar-refractivity contribution in [2.45, 2.75) is 78.6 Å². The molecule has 0 aliphatic heterocycles. The Labute approximate surface area is 343 Å². The van der Waals surface area contributed by atoms with Gasteiger partial charge in [0.25, 0.3) is 0 Å². The van der Waals surface area contributed by atoms with Crippen molar-refractivity contribution in [3.63, 3.8) is 0 Å². The van der Waals surface area contributed by atoms with Crippen LogP contribution in [0.1, 0.15) is 84.6 Å². The van der Waals surface area contributed by atoms with Gasteiger partial charge in [-0.2, -0.15) is 5.98 Å². The van der Waals surface area contributed by atoms with Crippen molar-refractivity contribution in [2.75, 3.05) is 0 Å². The van der Waals surface area contributed by atoms with Gasteiger partial charge < -0.3 is 0 Å². The van der Waals surface area contributed by atoms with Crippen molar-refractivity contribution in [2.24, 2.45) is 0 Å². The van der Waals surface area contributed by atoms with Crippen LogP contribution in [-0.4, -0.2) is 6.15 Å². The number of rotatable bonds is 7. The fourth-order valence-electron chi connectivity index (χ4n) is 7.51. The maximum absolute atomic E-state index is 16.5. The van der Waals surface area contributed by atoms with E-state index in [4.69, 9.17) is 0 Å². The van der Waals surface area contributed by atoms with E-state index in [1.165, 1.54) is 30.3 Å². The quantitative estimate of drug-likeness (QED) is 0.0502. The Morgan fingerprint density at radius 2 is 0.689 bits per heavy atom. The summed E-state index contributed by atoms with van der Waals surface area (Å²) in [5.74, 6) is -45.4. The van der Waals surface area contributed by atoms with E-state index in [9.17, 15) is 13.2 Å². The molecule has 0 fully saturated rings. The molecule has 326 valence electrons. The van der Waals surface area contributed by atoms with E-state index in [-0.39, 0.29) is 11.5 Å². The van der Waals surface area contributed by atoms with E-state index in [2.05, 4.69) is 0 Å². The lowest BCUT2D eigenvalue weighted by Gasteiger charge is -2.42. The summed E-state index contributed by atoms with van der Waals surface area (Å²) in [6.45, 7) is 16.4. The summed E-state index contributed by atoms with van der Waals surface area (Å²) in [4.78, 5) is 0. The minimum absolute atomic E-state index is 0.107. The molecule has 17 heteroatoms. The molecule has 0 aromatic heterocycles. The van der Waals surface area contributed by atoms with Gasteiger partial charge in [-0.3, -0.25) is 0 Å². The molecule has 0 N–H and O–H groups in total. The fourth-order valence-corrected chi connectivity index (χ4v) is 9.91. The first kappa shape index (κ1) is 47.3. The van der Waals surface area contributed by atoms with E-state index in [1.807, 2.05) is 20.8 Å². The number of hydrogen-bond acceptors (Lipinski definition) is 0. The highest BCUT2D eigenvalue weighted by Gasteiger charge is 2.48. The third kappa shape index (κ3) is 7.98. The van der Waals surface area contributed by atoms with Gasteiger partial charge in [0.1, 0.15) is 46.4 Å². The van der Waals surface area contributed by atoms with Gasteiger partial charge in [0.05, 0.1) is 13.9 Å². The van der Waals surface area contributed by atoms with Crippen LogP contribution in [0.3, 0.4) is 0 Å². The first-order chi connectivity index (χ1) is 27.9. The van der Waals surface area contributed by atoms with Crippen molar-refractivity contribution < 1.29 is 65.9 Å². The van der Waals surface area contributed by atoms with Crippen molar-refractivity contribution in [1.29, 1.82) is 0 Å². The minimum atomic E-state index is -5.95. The van der Waals surface area contributed by atoms with E-state index in [1.54, 1.807) is 53.7 Å².